The Labute approximate surface area is 146 Å². The first-order valence-corrected chi connectivity index (χ1v) is 10.3. The van der Waals surface area contributed by atoms with Gasteiger partial charge in [0, 0.05) is 29.9 Å². The van der Waals surface area contributed by atoms with E-state index in [1.54, 1.807) is 0 Å². The molecule has 134 valence electrons. The number of nitrogens with zero attached hydrogens (tertiary/aromatic N) is 1. The molecule has 2 atom stereocenters. The molecular formula is C18H34N2O2S. The van der Waals surface area contributed by atoms with Gasteiger partial charge in [0.05, 0.1) is 0 Å². The van der Waals surface area contributed by atoms with Gasteiger partial charge in [-0.25, -0.2) is 4.79 Å². The van der Waals surface area contributed by atoms with Gasteiger partial charge in [0.25, 0.3) is 0 Å². The third-order valence-corrected chi connectivity index (χ3v) is 6.52. The highest BCUT2D eigenvalue weighted by molar-refractivity contribution is 8.00. The zero-order chi connectivity index (χ0) is 17.1. The lowest BCUT2D eigenvalue weighted by molar-refractivity contribution is 0.0214. The zero-order valence-electron chi connectivity index (χ0n) is 15.5. The Bertz CT molecular complexity index is 399. The molecule has 0 spiro atoms. The number of nitrogens with one attached hydrogen (secondary N) is 1. The van der Waals surface area contributed by atoms with Crippen LogP contribution in [0.2, 0.25) is 0 Å². The number of carbonyl (C=O) groups is 1. The third-order valence-electron chi connectivity index (χ3n) is 5.10. The van der Waals surface area contributed by atoms with E-state index < -0.39 is 5.60 Å². The molecule has 4 nitrogen and oxygen atoms in total. The van der Waals surface area contributed by atoms with Crippen LogP contribution in [0.25, 0.3) is 0 Å². The summed E-state index contributed by atoms with van der Waals surface area (Å²) in [4.78, 5) is 14.3. The second kappa shape index (κ2) is 7.64. The maximum Gasteiger partial charge on any atom is 0.410 e. The Balaban J connectivity index is 1.79. The number of rotatable bonds is 6. The summed E-state index contributed by atoms with van der Waals surface area (Å²) < 4.78 is 6.02. The van der Waals surface area contributed by atoms with Crippen molar-refractivity contribution in [2.45, 2.75) is 88.7 Å². The number of amides is 1. The number of ether oxygens (including phenoxy) is 1. The van der Waals surface area contributed by atoms with Gasteiger partial charge in [0.2, 0.25) is 0 Å². The minimum atomic E-state index is -0.414. The number of hydrogen-bond donors (Lipinski definition) is 1. The van der Waals surface area contributed by atoms with Gasteiger partial charge >= 0.3 is 6.09 Å². The molecule has 23 heavy (non-hydrogen) atoms. The summed E-state index contributed by atoms with van der Waals surface area (Å²) in [5, 5.41) is 3.71. The number of thioether (sulfide) groups is 1. The standard InChI is InChI=1S/C18H34N2O2S/c1-14(19-13-18(23-5)9-7-10-18)12-15-8-6-11-20(15)16(21)22-17(2,3)4/h14-15,19H,6-13H2,1-5H3. The predicted octanol–water partition coefficient (Wildman–Crippen LogP) is 4.04. The Morgan fingerprint density at radius 1 is 1.39 bits per heavy atom. The lowest BCUT2D eigenvalue weighted by Gasteiger charge is -2.41. The van der Waals surface area contributed by atoms with Gasteiger partial charge in [-0.2, -0.15) is 11.8 Å². The van der Waals surface area contributed by atoms with Crippen LogP contribution in [0, 0.1) is 0 Å². The molecule has 2 fully saturated rings. The first-order valence-electron chi connectivity index (χ1n) is 9.03. The molecule has 2 aliphatic rings. The maximum absolute atomic E-state index is 12.4. The second-order valence-electron chi connectivity index (χ2n) is 8.23. The van der Waals surface area contributed by atoms with Crippen LogP contribution in [-0.2, 0) is 4.74 Å². The molecule has 1 saturated heterocycles. The Morgan fingerprint density at radius 3 is 2.61 bits per heavy atom. The SMILES string of the molecule is CSC1(CNC(C)CC2CCCN2C(=O)OC(C)(C)C)CCC1. The first kappa shape index (κ1) is 18.9. The molecule has 0 aromatic heterocycles. The Hall–Kier alpha value is -0.420. The molecule has 1 heterocycles. The van der Waals surface area contributed by atoms with E-state index in [1.165, 1.54) is 19.3 Å². The van der Waals surface area contributed by atoms with E-state index in [1.807, 2.05) is 37.4 Å². The monoisotopic (exact) mass is 342 g/mol. The largest absolute Gasteiger partial charge is 0.444 e. The molecule has 1 amide bonds. The third kappa shape index (κ3) is 5.28. The van der Waals surface area contributed by atoms with Crippen LogP contribution >= 0.6 is 11.8 Å². The molecule has 1 N–H and O–H groups in total. The molecular weight excluding hydrogens is 308 g/mol. The van der Waals surface area contributed by atoms with Crippen LogP contribution in [-0.4, -0.2) is 52.8 Å². The van der Waals surface area contributed by atoms with E-state index in [4.69, 9.17) is 4.74 Å². The fourth-order valence-electron chi connectivity index (χ4n) is 3.52. The summed E-state index contributed by atoms with van der Waals surface area (Å²) in [6.07, 6.45) is 9.32. The molecule has 2 rings (SSSR count). The summed E-state index contributed by atoms with van der Waals surface area (Å²) in [6.45, 7) is 9.97. The van der Waals surface area contributed by atoms with Crippen LogP contribution in [0.15, 0.2) is 0 Å². The van der Waals surface area contributed by atoms with Gasteiger partial charge in [0.1, 0.15) is 5.60 Å². The smallest absolute Gasteiger partial charge is 0.410 e. The lowest BCUT2D eigenvalue weighted by Crippen LogP contribution is -2.48. The number of carbonyl (C=O) groups excluding carboxylic acids is 1. The molecule has 0 aromatic carbocycles. The second-order valence-corrected chi connectivity index (χ2v) is 9.50. The highest BCUT2D eigenvalue weighted by Crippen LogP contribution is 2.42. The van der Waals surface area contributed by atoms with Crippen LogP contribution in [0.1, 0.15) is 66.2 Å². The maximum atomic E-state index is 12.4. The van der Waals surface area contributed by atoms with Crippen molar-refractivity contribution in [1.82, 2.24) is 10.2 Å². The predicted molar refractivity (Wildman–Crippen MR) is 98.1 cm³/mol. The summed E-state index contributed by atoms with van der Waals surface area (Å²) in [6, 6.07) is 0.756. The van der Waals surface area contributed by atoms with E-state index >= 15 is 0 Å². The van der Waals surface area contributed by atoms with E-state index in [0.717, 1.165) is 32.4 Å². The average molecular weight is 343 g/mol. The molecule has 0 radical (unpaired) electrons. The van der Waals surface area contributed by atoms with Crippen molar-refractivity contribution < 1.29 is 9.53 Å². The topological polar surface area (TPSA) is 41.6 Å². The van der Waals surface area contributed by atoms with Crippen molar-refractivity contribution >= 4 is 17.9 Å². The quantitative estimate of drug-likeness (QED) is 0.791. The summed E-state index contributed by atoms with van der Waals surface area (Å²) in [5.41, 5.74) is -0.414. The van der Waals surface area contributed by atoms with Gasteiger partial charge in [0.15, 0.2) is 0 Å². The van der Waals surface area contributed by atoms with E-state index in [-0.39, 0.29) is 6.09 Å². The summed E-state index contributed by atoms with van der Waals surface area (Å²) in [7, 11) is 0. The normalized spacial score (nSPS) is 25.1. The van der Waals surface area contributed by atoms with Crippen molar-refractivity contribution in [2.24, 2.45) is 0 Å². The molecule has 5 heteroatoms. The van der Waals surface area contributed by atoms with Crippen LogP contribution in [0.4, 0.5) is 4.79 Å². The molecule has 1 aliphatic carbocycles. The van der Waals surface area contributed by atoms with Gasteiger partial charge in [-0.15, -0.1) is 0 Å². The van der Waals surface area contributed by atoms with Crippen molar-refractivity contribution in [3.8, 4) is 0 Å². The van der Waals surface area contributed by atoms with E-state index in [2.05, 4.69) is 18.5 Å². The summed E-state index contributed by atoms with van der Waals surface area (Å²) >= 11 is 2.01. The van der Waals surface area contributed by atoms with Crippen molar-refractivity contribution in [1.29, 1.82) is 0 Å². The minimum Gasteiger partial charge on any atom is -0.444 e. The summed E-state index contributed by atoms with van der Waals surface area (Å²) in [5.74, 6) is 0. The fourth-order valence-corrected chi connectivity index (χ4v) is 4.44. The van der Waals surface area contributed by atoms with Crippen LogP contribution < -0.4 is 5.32 Å². The van der Waals surface area contributed by atoms with E-state index in [9.17, 15) is 4.79 Å². The Morgan fingerprint density at radius 2 is 2.09 bits per heavy atom. The van der Waals surface area contributed by atoms with Crippen molar-refractivity contribution in [3.63, 3.8) is 0 Å². The van der Waals surface area contributed by atoms with Gasteiger partial charge in [-0.05, 0) is 66.1 Å². The highest BCUT2D eigenvalue weighted by atomic mass is 32.2. The molecule has 0 aromatic rings. The van der Waals surface area contributed by atoms with Gasteiger partial charge in [-0.1, -0.05) is 6.42 Å². The van der Waals surface area contributed by atoms with Crippen LogP contribution in [0.5, 0.6) is 0 Å². The van der Waals surface area contributed by atoms with E-state index in [0.29, 0.717) is 16.8 Å². The molecule has 0 bridgehead atoms. The van der Waals surface area contributed by atoms with Crippen LogP contribution in [0.3, 0.4) is 0 Å². The lowest BCUT2D eigenvalue weighted by atomic mass is 9.84. The fraction of sp³-hybridized carbons (Fsp3) is 0.944. The molecule has 1 aliphatic heterocycles. The van der Waals surface area contributed by atoms with Gasteiger partial charge < -0.3 is 15.0 Å². The average Bonchev–Trinajstić information content (AvgIpc) is 2.84. The van der Waals surface area contributed by atoms with Crippen molar-refractivity contribution in [2.75, 3.05) is 19.3 Å². The van der Waals surface area contributed by atoms with Gasteiger partial charge in [-0.3, -0.25) is 0 Å². The molecule has 1 saturated carbocycles. The number of hydrogen-bond acceptors (Lipinski definition) is 4. The highest BCUT2D eigenvalue weighted by Gasteiger charge is 2.37. The minimum absolute atomic E-state index is 0.147. The zero-order valence-corrected chi connectivity index (χ0v) is 16.3. The molecule has 2 unspecified atom stereocenters. The Kier molecular flexibility index (Phi) is 6.28. The first-order chi connectivity index (χ1) is 10.7. The van der Waals surface area contributed by atoms with Crippen molar-refractivity contribution in [3.05, 3.63) is 0 Å². The number of likely N-dealkylation sites (tertiary alicyclic amines) is 1.